The summed E-state index contributed by atoms with van der Waals surface area (Å²) in [7, 11) is 0. The molecule has 130 valence electrons. The number of nitrogens with zero attached hydrogens (tertiary/aromatic N) is 2. The molecule has 0 N–H and O–H groups in total. The van der Waals surface area contributed by atoms with Gasteiger partial charge in [-0.1, -0.05) is 27.7 Å². The fourth-order valence-electron chi connectivity index (χ4n) is 2.64. The SMILES string of the molecule is CCOC(=O)[C@H]([C@H](C(=O)OCC)N(CC)CC)N(CC)CC. The van der Waals surface area contributed by atoms with Gasteiger partial charge in [-0.2, -0.15) is 0 Å². The topological polar surface area (TPSA) is 59.1 Å². The second-order valence-corrected chi connectivity index (χ2v) is 4.84. The number of carbonyl (C=O) groups is 2. The minimum absolute atomic E-state index is 0.296. The maximum Gasteiger partial charge on any atom is 0.325 e. The fraction of sp³-hybridized carbons (Fsp3) is 0.875. The van der Waals surface area contributed by atoms with E-state index in [1.165, 1.54) is 0 Å². The molecule has 0 rings (SSSR count). The smallest absolute Gasteiger partial charge is 0.325 e. The summed E-state index contributed by atoms with van der Waals surface area (Å²) < 4.78 is 10.4. The average Bonchev–Trinajstić information content (AvgIpc) is 2.51. The lowest BCUT2D eigenvalue weighted by molar-refractivity contribution is -0.163. The minimum Gasteiger partial charge on any atom is -0.465 e. The Hall–Kier alpha value is -1.14. The van der Waals surface area contributed by atoms with Crippen molar-refractivity contribution < 1.29 is 19.1 Å². The van der Waals surface area contributed by atoms with Crippen molar-refractivity contribution in [2.24, 2.45) is 0 Å². The number of rotatable bonds is 11. The summed E-state index contributed by atoms with van der Waals surface area (Å²) in [5.41, 5.74) is 0. The molecule has 0 unspecified atom stereocenters. The highest BCUT2D eigenvalue weighted by Gasteiger charge is 2.42. The first-order valence-electron chi connectivity index (χ1n) is 8.33. The average molecular weight is 316 g/mol. The van der Waals surface area contributed by atoms with Gasteiger partial charge in [0, 0.05) is 0 Å². The van der Waals surface area contributed by atoms with E-state index in [0.29, 0.717) is 39.4 Å². The molecular weight excluding hydrogens is 284 g/mol. The lowest BCUT2D eigenvalue weighted by Crippen LogP contribution is -2.59. The summed E-state index contributed by atoms with van der Waals surface area (Å²) in [6.07, 6.45) is 0. The summed E-state index contributed by atoms with van der Waals surface area (Å²) >= 11 is 0. The number of hydrogen-bond acceptors (Lipinski definition) is 6. The van der Waals surface area contributed by atoms with Crippen molar-refractivity contribution in [3.63, 3.8) is 0 Å². The molecule has 6 nitrogen and oxygen atoms in total. The molecule has 0 aromatic carbocycles. The molecule has 0 spiro atoms. The first kappa shape index (κ1) is 20.9. The Balaban J connectivity index is 5.68. The molecule has 0 amide bonds. The molecule has 6 heteroatoms. The van der Waals surface area contributed by atoms with Gasteiger partial charge in [0.25, 0.3) is 0 Å². The highest BCUT2D eigenvalue weighted by molar-refractivity contribution is 5.87. The van der Waals surface area contributed by atoms with E-state index in [2.05, 4.69) is 0 Å². The van der Waals surface area contributed by atoms with Crippen molar-refractivity contribution in [1.82, 2.24) is 9.80 Å². The largest absolute Gasteiger partial charge is 0.465 e. The Morgan fingerprint density at radius 3 is 1.14 bits per heavy atom. The van der Waals surface area contributed by atoms with Crippen LogP contribution in [0.2, 0.25) is 0 Å². The van der Waals surface area contributed by atoms with E-state index in [9.17, 15) is 9.59 Å². The number of ether oxygens (including phenoxy) is 2. The molecule has 2 atom stereocenters. The van der Waals surface area contributed by atoms with Crippen LogP contribution >= 0.6 is 0 Å². The van der Waals surface area contributed by atoms with Crippen LogP contribution in [0, 0.1) is 0 Å². The zero-order chi connectivity index (χ0) is 17.1. The summed E-state index contributed by atoms with van der Waals surface area (Å²) in [6.45, 7) is 14.7. The molecule has 0 aromatic rings. The summed E-state index contributed by atoms with van der Waals surface area (Å²) in [6, 6.07) is -1.29. The van der Waals surface area contributed by atoms with Gasteiger partial charge in [0.2, 0.25) is 0 Å². The number of carbonyl (C=O) groups excluding carboxylic acids is 2. The van der Waals surface area contributed by atoms with Crippen molar-refractivity contribution in [3.8, 4) is 0 Å². The Morgan fingerprint density at radius 2 is 0.955 bits per heavy atom. The second-order valence-electron chi connectivity index (χ2n) is 4.84. The summed E-state index contributed by atoms with van der Waals surface area (Å²) in [5, 5.41) is 0. The first-order chi connectivity index (χ1) is 10.5. The highest BCUT2D eigenvalue weighted by atomic mass is 16.5. The molecule has 0 aromatic heterocycles. The number of hydrogen-bond donors (Lipinski definition) is 0. The number of esters is 2. The van der Waals surface area contributed by atoms with Gasteiger partial charge in [0.05, 0.1) is 13.2 Å². The molecule has 0 radical (unpaired) electrons. The molecule has 0 saturated carbocycles. The van der Waals surface area contributed by atoms with E-state index < -0.39 is 12.1 Å². The van der Waals surface area contributed by atoms with Crippen molar-refractivity contribution >= 4 is 11.9 Å². The van der Waals surface area contributed by atoms with Crippen LogP contribution in [0.4, 0.5) is 0 Å². The van der Waals surface area contributed by atoms with Gasteiger partial charge < -0.3 is 9.47 Å². The van der Waals surface area contributed by atoms with Crippen molar-refractivity contribution in [2.75, 3.05) is 39.4 Å². The molecule has 0 saturated heterocycles. The lowest BCUT2D eigenvalue weighted by Gasteiger charge is -2.38. The van der Waals surface area contributed by atoms with E-state index in [1.54, 1.807) is 13.8 Å². The van der Waals surface area contributed by atoms with Gasteiger partial charge in [-0.05, 0) is 40.0 Å². The van der Waals surface area contributed by atoms with E-state index >= 15 is 0 Å². The predicted octanol–water partition coefficient (Wildman–Crippen LogP) is 1.53. The molecular formula is C16H32N2O4. The third kappa shape index (κ3) is 5.57. The van der Waals surface area contributed by atoms with E-state index in [4.69, 9.17) is 9.47 Å². The van der Waals surface area contributed by atoms with Crippen LogP contribution in [0.5, 0.6) is 0 Å². The van der Waals surface area contributed by atoms with Crippen LogP contribution in [0.25, 0.3) is 0 Å². The zero-order valence-electron chi connectivity index (χ0n) is 14.9. The summed E-state index contributed by atoms with van der Waals surface area (Å²) in [4.78, 5) is 28.9. The van der Waals surface area contributed by atoms with Crippen LogP contribution < -0.4 is 0 Å². The standard InChI is InChI=1S/C16H32N2O4/c1-7-17(8-2)13(15(19)21-11-5)14(16(20)22-12-6)18(9-3)10-4/h13-14H,7-12H2,1-6H3/t13-,14+. The second kappa shape index (κ2) is 11.4. The van der Waals surface area contributed by atoms with Crippen molar-refractivity contribution in [2.45, 2.75) is 53.6 Å². The van der Waals surface area contributed by atoms with Gasteiger partial charge >= 0.3 is 11.9 Å². The third-order valence-electron chi connectivity index (χ3n) is 3.77. The molecule has 0 fully saturated rings. The van der Waals surface area contributed by atoms with Crippen LogP contribution in [-0.2, 0) is 19.1 Å². The Kier molecular flexibility index (Phi) is 10.8. The zero-order valence-corrected chi connectivity index (χ0v) is 14.9. The van der Waals surface area contributed by atoms with Crippen molar-refractivity contribution in [1.29, 1.82) is 0 Å². The van der Waals surface area contributed by atoms with E-state index in [-0.39, 0.29) is 11.9 Å². The maximum absolute atomic E-state index is 12.5. The molecule has 0 aliphatic carbocycles. The third-order valence-corrected chi connectivity index (χ3v) is 3.77. The quantitative estimate of drug-likeness (QED) is 0.539. The first-order valence-corrected chi connectivity index (χ1v) is 8.33. The van der Waals surface area contributed by atoms with Crippen LogP contribution in [0.3, 0.4) is 0 Å². The van der Waals surface area contributed by atoms with Crippen LogP contribution in [0.1, 0.15) is 41.5 Å². The van der Waals surface area contributed by atoms with Gasteiger partial charge in [-0.15, -0.1) is 0 Å². The van der Waals surface area contributed by atoms with Crippen molar-refractivity contribution in [3.05, 3.63) is 0 Å². The fourth-order valence-corrected chi connectivity index (χ4v) is 2.64. The van der Waals surface area contributed by atoms with Gasteiger partial charge in [0.15, 0.2) is 0 Å². The van der Waals surface area contributed by atoms with Crippen LogP contribution in [-0.4, -0.2) is 73.2 Å². The van der Waals surface area contributed by atoms with Gasteiger partial charge in [-0.25, -0.2) is 0 Å². The van der Waals surface area contributed by atoms with Gasteiger partial charge in [0.1, 0.15) is 12.1 Å². The molecule has 0 aliphatic heterocycles. The predicted molar refractivity (Wildman–Crippen MR) is 86.7 cm³/mol. The maximum atomic E-state index is 12.5. The van der Waals surface area contributed by atoms with E-state index in [1.807, 2.05) is 37.5 Å². The van der Waals surface area contributed by atoms with E-state index in [0.717, 1.165) is 0 Å². The number of likely N-dealkylation sites (N-methyl/N-ethyl adjacent to an activating group) is 2. The lowest BCUT2D eigenvalue weighted by atomic mass is 10.0. The molecule has 0 aliphatic rings. The molecule has 0 bridgehead atoms. The Morgan fingerprint density at radius 1 is 0.682 bits per heavy atom. The Bertz CT molecular complexity index is 296. The normalized spacial score (nSPS) is 14.0. The summed E-state index contributed by atoms with van der Waals surface area (Å²) in [5.74, 6) is -0.729. The molecule has 22 heavy (non-hydrogen) atoms. The van der Waals surface area contributed by atoms with Crippen LogP contribution in [0.15, 0.2) is 0 Å². The highest BCUT2D eigenvalue weighted by Crippen LogP contribution is 2.16. The molecule has 0 heterocycles. The Labute approximate surface area is 134 Å². The minimum atomic E-state index is -0.645. The van der Waals surface area contributed by atoms with Gasteiger partial charge in [-0.3, -0.25) is 19.4 Å². The monoisotopic (exact) mass is 316 g/mol.